The van der Waals surface area contributed by atoms with Gasteiger partial charge in [-0.05, 0) is 96.3 Å². The number of phosphoric acid groups is 1. The molecule has 3 atom stereocenters. The normalized spacial score (nSPS) is 14.7. The zero-order chi connectivity index (χ0) is 56.3. The van der Waals surface area contributed by atoms with Crippen molar-refractivity contribution in [1.82, 2.24) is 5.32 Å². The Hall–Kier alpha value is -3.36. The maximum atomic E-state index is 13.0. The number of carbonyl (C=O) groups excluding carboxylic acids is 1. The van der Waals surface area contributed by atoms with Crippen LogP contribution < -0.4 is 10.2 Å². The molecular formula is C68H117N2O6P. The lowest BCUT2D eigenvalue weighted by Gasteiger charge is -2.29. The van der Waals surface area contributed by atoms with Gasteiger partial charge < -0.3 is 28.8 Å². The molecule has 0 fully saturated rings. The first kappa shape index (κ1) is 73.6. The number of carbonyl (C=O) groups is 1. The van der Waals surface area contributed by atoms with Gasteiger partial charge in [0.05, 0.1) is 39.9 Å². The van der Waals surface area contributed by atoms with Crippen LogP contribution >= 0.6 is 7.82 Å². The molecule has 0 aromatic carbocycles. The van der Waals surface area contributed by atoms with Crippen LogP contribution in [0.1, 0.15) is 239 Å². The fourth-order valence-electron chi connectivity index (χ4n) is 8.30. The van der Waals surface area contributed by atoms with E-state index in [1.165, 1.54) is 109 Å². The maximum Gasteiger partial charge on any atom is 0.268 e. The minimum Gasteiger partial charge on any atom is -0.756 e. The molecule has 0 heterocycles. The number of aliphatic hydroxyl groups is 1. The van der Waals surface area contributed by atoms with E-state index in [0.717, 1.165) is 109 Å². The monoisotopic (exact) mass is 1090 g/mol. The van der Waals surface area contributed by atoms with Gasteiger partial charge in [0.2, 0.25) is 5.91 Å². The van der Waals surface area contributed by atoms with Crippen molar-refractivity contribution in [3.05, 3.63) is 134 Å². The molecular weight excluding hydrogens is 972 g/mol. The molecule has 3 unspecified atom stereocenters. The third-order valence-corrected chi connectivity index (χ3v) is 14.1. The van der Waals surface area contributed by atoms with E-state index in [0.29, 0.717) is 17.4 Å². The Bertz CT molecular complexity index is 1710. The lowest BCUT2D eigenvalue weighted by Crippen LogP contribution is -2.45. The molecule has 0 aliphatic rings. The Morgan fingerprint density at radius 1 is 0.468 bits per heavy atom. The van der Waals surface area contributed by atoms with E-state index >= 15 is 0 Å². The predicted octanol–water partition coefficient (Wildman–Crippen LogP) is 18.9. The van der Waals surface area contributed by atoms with Crippen molar-refractivity contribution in [3.8, 4) is 0 Å². The topological polar surface area (TPSA) is 108 Å². The maximum absolute atomic E-state index is 13.0. The summed E-state index contributed by atoms with van der Waals surface area (Å²) in [5, 5.41) is 13.9. The molecule has 0 aliphatic heterocycles. The number of aliphatic hydroxyl groups excluding tert-OH is 1. The van der Waals surface area contributed by atoms with Crippen LogP contribution in [-0.2, 0) is 18.4 Å². The summed E-state index contributed by atoms with van der Waals surface area (Å²) in [5.74, 6) is -0.207. The Morgan fingerprint density at radius 2 is 0.792 bits per heavy atom. The van der Waals surface area contributed by atoms with Crippen LogP contribution in [0, 0.1) is 0 Å². The van der Waals surface area contributed by atoms with Crippen molar-refractivity contribution in [3.63, 3.8) is 0 Å². The number of amides is 1. The van der Waals surface area contributed by atoms with Gasteiger partial charge in [-0.25, -0.2) is 0 Å². The van der Waals surface area contributed by atoms with Crippen molar-refractivity contribution >= 4 is 13.7 Å². The first-order chi connectivity index (χ1) is 37.5. The van der Waals surface area contributed by atoms with Crippen LogP contribution in [0.2, 0.25) is 0 Å². The molecule has 0 rings (SSSR count). The second-order valence-corrected chi connectivity index (χ2v) is 23.1. The van der Waals surface area contributed by atoms with Crippen molar-refractivity contribution in [1.29, 1.82) is 0 Å². The largest absolute Gasteiger partial charge is 0.756 e. The summed E-state index contributed by atoms with van der Waals surface area (Å²) in [6.07, 6.45) is 86.8. The molecule has 440 valence electrons. The molecule has 0 spiro atoms. The summed E-state index contributed by atoms with van der Waals surface area (Å²) < 4.78 is 23.3. The Morgan fingerprint density at radius 3 is 1.16 bits per heavy atom. The summed E-state index contributed by atoms with van der Waals surface area (Å²) >= 11 is 0. The molecule has 9 heteroatoms. The van der Waals surface area contributed by atoms with E-state index in [9.17, 15) is 19.4 Å². The highest BCUT2D eigenvalue weighted by atomic mass is 31.2. The highest BCUT2D eigenvalue weighted by molar-refractivity contribution is 7.45. The third kappa shape index (κ3) is 60.1. The average Bonchev–Trinajstić information content (AvgIpc) is 3.39. The lowest BCUT2D eigenvalue weighted by atomic mass is 10.0. The second-order valence-electron chi connectivity index (χ2n) is 21.7. The Kier molecular flexibility index (Phi) is 54.8. The standard InChI is InChI=1S/C68H117N2O6P/c1-6-8-10-12-14-16-18-20-22-23-24-25-26-27-28-29-30-31-32-33-34-35-36-37-38-39-40-41-42-43-44-45-46-47-48-50-52-54-56-58-60-62-68(72)69-66(65-76-77(73,74)75-64-63-70(3,4)5)67(71)61-59-57-55-53-51-49-21-19-17-15-13-11-9-7-2/h8,10,14,16,20,22,24-25,27-28,30-31,33-34,36-37,39-40,42-43,59,61,66-67,71H,6-7,9,11-13,15,17-19,21,23,26,29,32,35,38,41,44-58,60,62-65H2,1-5H3,(H-,69,72,73,74)/b10-8-,16-14-,22-20-,25-24-,28-27-,31-30-,34-33-,37-36-,40-39-,43-42-,61-59+. The summed E-state index contributed by atoms with van der Waals surface area (Å²) in [4.78, 5) is 25.5. The van der Waals surface area contributed by atoms with Crippen molar-refractivity contribution in [2.45, 2.75) is 251 Å². The van der Waals surface area contributed by atoms with E-state index in [4.69, 9.17) is 9.05 Å². The number of nitrogens with one attached hydrogen (secondary N) is 1. The third-order valence-electron chi connectivity index (χ3n) is 13.1. The van der Waals surface area contributed by atoms with Gasteiger partial charge in [-0.2, -0.15) is 0 Å². The average molecular weight is 1090 g/mol. The number of rotatable bonds is 55. The van der Waals surface area contributed by atoms with Gasteiger partial charge in [0.1, 0.15) is 13.2 Å². The van der Waals surface area contributed by atoms with Gasteiger partial charge in [-0.1, -0.05) is 270 Å². The summed E-state index contributed by atoms with van der Waals surface area (Å²) in [6.45, 7) is 4.52. The molecule has 0 aliphatic carbocycles. The number of allylic oxidation sites excluding steroid dienone is 21. The van der Waals surface area contributed by atoms with Crippen LogP contribution in [0.3, 0.4) is 0 Å². The first-order valence-electron chi connectivity index (χ1n) is 31.0. The van der Waals surface area contributed by atoms with Gasteiger partial charge in [-0.3, -0.25) is 9.36 Å². The molecule has 0 aromatic heterocycles. The van der Waals surface area contributed by atoms with Crippen LogP contribution in [0.5, 0.6) is 0 Å². The zero-order valence-electron chi connectivity index (χ0n) is 50.1. The number of hydrogen-bond acceptors (Lipinski definition) is 6. The molecule has 0 saturated heterocycles. The highest BCUT2D eigenvalue weighted by Gasteiger charge is 2.23. The van der Waals surface area contributed by atoms with Crippen LogP contribution in [-0.4, -0.2) is 68.5 Å². The fraction of sp³-hybridized carbons (Fsp3) is 0.662. The summed E-state index contributed by atoms with van der Waals surface area (Å²) in [5.41, 5.74) is 0. The number of phosphoric ester groups is 1. The van der Waals surface area contributed by atoms with Gasteiger partial charge in [0.15, 0.2) is 0 Å². The minimum atomic E-state index is -4.60. The number of nitrogens with zero attached hydrogens (tertiary/aromatic N) is 1. The van der Waals surface area contributed by atoms with Gasteiger partial charge in [-0.15, -0.1) is 0 Å². The van der Waals surface area contributed by atoms with Crippen molar-refractivity contribution in [2.24, 2.45) is 0 Å². The molecule has 2 N–H and O–H groups in total. The van der Waals surface area contributed by atoms with Crippen molar-refractivity contribution in [2.75, 3.05) is 40.9 Å². The number of hydrogen-bond donors (Lipinski definition) is 2. The molecule has 1 amide bonds. The van der Waals surface area contributed by atoms with Gasteiger partial charge >= 0.3 is 0 Å². The fourth-order valence-corrected chi connectivity index (χ4v) is 9.02. The van der Waals surface area contributed by atoms with E-state index < -0.39 is 20.0 Å². The van der Waals surface area contributed by atoms with Crippen LogP contribution in [0.4, 0.5) is 0 Å². The molecule has 0 bridgehead atoms. The highest BCUT2D eigenvalue weighted by Crippen LogP contribution is 2.38. The SMILES string of the molecule is CC/C=C\C/C=C\C/C=C\C/C=C\C/C=C\C/C=C\C/C=C\C/C=C\C/C=C\C/C=C\CCCCCCCCCCCCC(=O)NC(COP(=O)([O-])OCC[N+](C)(C)C)C(O)/C=C/CCCCCCCCCCCCCC. The molecule has 77 heavy (non-hydrogen) atoms. The van der Waals surface area contributed by atoms with E-state index in [1.54, 1.807) is 6.08 Å². The van der Waals surface area contributed by atoms with Crippen molar-refractivity contribution < 1.29 is 32.9 Å². The van der Waals surface area contributed by atoms with E-state index in [2.05, 4.69) is 141 Å². The molecule has 0 saturated carbocycles. The first-order valence-corrected chi connectivity index (χ1v) is 32.5. The van der Waals surface area contributed by atoms with E-state index in [1.807, 2.05) is 27.2 Å². The zero-order valence-corrected chi connectivity index (χ0v) is 51.0. The summed E-state index contributed by atoms with van der Waals surface area (Å²) in [7, 11) is 1.24. The van der Waals surface area contributed by atoms with Crippen LogP contribution in [0.15, 0.2) is 134 Å². The predicted molar refractivity (Wildman–Crippen MR) is 334 cm³/mol. The Labute approximate surface area is 475 Å². The summed E-state index contributed by atoms with van der Waals surface area (Å²) in [6, 6.07) is -0.897. The quantitative estimate of drug-likeness (QED) is 0.0272. The lowest BCUT2D eigenvalue weighted by molar-refractivity contribution is -0.870. The second kappa shape index (κ2) is 57.3. The Balaban J connectivity index is 4.09. The smallest absolute Gasteiger partial charge is 0.268 e. The minimum absolute atomic E-state index is 0.00739. The number of likely N-dealkylation sites (N-methyl/N-ethyl adjacent to an activating group) is 1. The number of quaternary nitrogens is 1. The molecule has 8 nitrogen and oxygen atoms in total. The number of unbranched alkanes of at least 4 members (excludes halogenated alkanes) is 22. The molecule has 0 aromatic rings. The van der Waals surface area contributed by atoms with Gasteiger partial charge in [0.25, 0.3) is 7.82 Å². The van der Waals surface area contributed by atoms with Gasteiger partial charge in [0, 0.05) is 6.42 Å². The van der Waals surface area contributed by atoms with E-state index in [-0.39, 0.29) is 19.1 Å². The van der Waals surface area contributed by atoms with Crippen LogP contribution in [0.25, 0.3) is 0 Å². The molecule has 0 radical (unpaired) electrons.